The van der Waals surface area contributed by atoms with Crippen LogP contribution in [0.3, 0.4) is 0 Å². The van der Waals surface area contributed by atoms with Gasteiger partial charge in [0.1, 0.15) is 6.04 Å². The van der Waals surface area contributed by atoms with Gasteiger partial charge in [0.2, 0.25) is 11.8 Å². The summed E-state index contributed by atoms with van der Waals surface area (Å²) in [6.07, 6.45) is 1.09. The fraction of sp³-hybridized carbons (Fsp3) is 0.440. The number of fused-ring (bicyclic) bond motifs is 1. The highest BCUT2D eigenvalue weighted by Crippen LogP contribution is 2.26. The summed E-state index contributed by atoms with van der Waals surface area (Å²) in [6, 6.07) is 18.1. The highest BCUT2D eigenvalue weighted by atomic mass is 16.2. The molecule has 2 heterocycles. The average molecular weight is 406 g/mol. The van der Waals surface area contributed by atoms with Crippen molar-refractivity contribution in [1.29, 1.82) is 0 Å². The van der Waals surface area contributed by atoms with Crippen LogP contribution in [-0.2, 0) is 22.6 Å². The summed E-state index contributed by atoms with van der Waals surface area (Å²) in [7, 11) is 0. The molecule has 0 aromatic heterocycles. The maximum absolute atomic E-state index is 13.5. The Kier molecular flexibility index (Phi) is 6.07. The first-order chi connectivity index (χ1) is 14.5. The van der Waals surface area contributed by atoms with Crippen LogP contribution in [0.2, 0.25) is 0 Å². The van der Waals surface area contributed by atoms with E-state index < -0.39 is 6.04 Å². The fourth-order valence-electron chi connectivity index (χ4n) is 4.51. The smallest absolute Gasteiger partial charge is 0.245 e. The molecule has 0 radical (unpaired) electrons. The normalized spacial score (nSPS) is 19.0. The van der Waals surface area contributed by atoms with Gasteiger partial charge in [-0.15, -0.1) is 0 Å². The van der Waals surface area contributed by atoms with Gasteiger partial charge in [0.25, 0.3) is 0 Å². The maximum atomic E-state index is 13.5. The Hall–Kier alpha value is -2.82. The van der Waals surface area contributed by atoms with Crippen molar-refractivity contribution >= 4 is 17.5 Å². The number of hydrogen-bond acceptors (Lipinski definition) is 3. The van der Waals surface area contributed by atoms with Gasteiger partial charge in [-0.05, 0) is 29.2 Å². The number of carbonyl (C=O) groups is 2. The van der Waals surface area contributed by atoms with Crippen LogP contribution in [0.5, 0.6) is 0 Å². The zero-order valence-corrected chi connectivity index (χ0v) is 18.0. The number of nitrogens with zero attached hydrogens (tertiary/aromatic N) is 3. The Morgan fingerprint density at radius 2 is 1.53 bits per heavy atom. The van der Waals surface area contributed by atoms with E-state index in [1.807, 2.05) is 40.1 Å². The molecular formula is C25H31N3O2. The number of hydrogen-bond donors (Lipinski definition) is 0. The zero-order chi connectivity index (χ0) is 21.1. The lowest BCUT2D eigenvalue weighted by molar-refractivity contribution is -0.147. The topological polar surface area (TPSA) is 43.9 Å². The molecule has 2 aliphatic heterocycles. The minimum Gasteiger partial charge on any atom is -0.368 e. The Bertz CT molecular complexity index is 888. The molecule has 158 valence electrons. The first kappa shape index (κ1) is 20.5. The molecule has 5 heteroatoms. The second-order valence-corrected chi connectivity index (χ2v) is 8.76. The van der Waals surface area contributed by atoms with Crippen molar-refractivity contribution in [2.45, 2.75) is 39.3 Å². The molecular weight excluding hydrogens is 374 g/mol. The van der Waals surface area contributed by atoms with Gasteiger partial charge in [-0.1, -0.05) is 56.3 Å². The summed E-state index contributed by atoms with van der Waals surface area (Å²) in [4.78, 5) is 32.6. The molecule has 0 saturated carbocycles. The van der Waals surface area contributed by atoms with Gasteiger partial charge in [0.15, 0.2) is 0 Å². The maximum Gasteiger partial charge on any atom is 0.245 e. The van der Waals surface area contributed by atoms with Crippen molar-refractivity contribution in [3.05, 3.63) is 65.7 Å². The molecule has 2 aliphatic rings. The molecule has 5 nitrogen and oxygen atoms in total. The van der Waals surface area contributed by atoms with Crippen molar-refractivity contribution in [3.63, 3.8) is 0 Å². The minimum absolute atomic E-state index is 0.0841. The molecule has 0 spiro atoms. The van der Waals surface area contributed by atoms with Gasteiger partial charge in [-0.2, -0.15) is 0 Å². The number of carbonyl (C=O) groups excluding carboxylic acids is 2. The van der Waals surface area contributed by atoms with Crippen molar-refractivity contribution in [1.82, 2.24) is 9.80 Å². The van der Waals surface area contributed by atoms with E-state index in [9.17, 15) is 9.59 Å². The number of amides is 2. The minimum atomic E-state index is -0.394. The van der Waals surface area contributed by atoms with Gasteiger partial charge < -0.3 is 14.7 Å². The molecule has 2 aromatic rings. The van der Waals surface area contributed by atoms with Crippen LogP contribution in [0.15, 0.2) is 54.6 Å². The van der Waals surface area contributed by atoms with Gasteiger partial charge >= 0.3 is 0 Å². The number of benzene rings is 2. The van der Waals surface area contributed by atoms with E-state index in [0.717, 1.165) is 18.7 Å². The highest BCUT2D eigenvalue weighted by molar-refractivity contribution is 5.89. The predicted octanol–water partition coefficient (Wildman–Crippen LogP) is 3.33. The third-order valence-corrected chi connectivity index (χ3v) is 6.15. The standard InChI is InChI=1S/C25H31N3O2/c1-19(2)16-24(29)28-18-21-9-7-6-8-20(21)17-23(28)25(30)27-14-12-26(13-15-27)22-10-4-3-5-11-22/h3-11,19,23H,12-18H2,1-2H3. The van der Waals surface area contributed by atoms with Crippen molar-refractivity contribution < 1.29 is 9.59 Å². The quantitative estimate of drug-likeness (QED) is 0.784. The number of anilines is 1. The second-order valence-electron chi connectivity index (χ2n) is 8.76. The lowest BCUT2D eigenvalue weighted by Crippen LogP contribution is -2.57. The van der Waals surface area contributed by atoms with Crippen molar-refractivity contribution in [2.24, 2.45) is 5.92 Å². The van der Waals surface area contributed by atoms with E-state index >= 15 is 0 Å². The summed E-state index contributed by atoms with van der Waals surface area (Å²) in [5.41, 5.74) is 3.55. The van der Waals surface area contributed by atoms with Crippen LogP contribution >= 0.6 is 0 Å². The highest BCUT2D eigenvalue weighted by Gasteiger charge is 2.37. The van der Waals surface area contributed by atoms with Crippen LogP contribution in [0.25, 0.3) is 0 Å². The molecule has 1 fully saturated rings. The van der Waals surface area contributed by atoms with E-state index in [4.69, 9.17) is 0 Å². The molecule has 4 rings (SSSR count). The van der Waals surface area contributed by atoms with Crippen LogP contribution < -0.4 is 4.90 Å². The lowest BCUT2D eigenvalue weighted by Gasteiger charge is -2.42. The summed E-state index contributed by atoms with van der Waals surface area (Å²) < 4.78 is 0. The largest absolute Gasteiger partial charge is 0.368 e. The number of para-hydroxylation sites is 1. The zero-order valence-electron chi connectivity index (χ0n) is 18.0. The summed E-state index contributed by atoms with van der Waals surface area (Å²) >= 11 is 0. The van der Waals surface area contributed by atoms with E-state index in [1.54, 1.807) is 0 Å². The summed E-state index contributed by atoms with van der Waals surface area (Å²) in [5.74, 6) is 0.454. The molecule has 1 atom stereocenters. The summed E-state index contributed by atoms with van der Waals surface area (Å²) in [5, 5.41) is 0. The third-order valence-electron chi connectivity index (χ3n) is 6.15. The summed E-state index contributed by atoms with van der Waals surface area (Å²) in [6.45, 7) is 7.65. The van der Waals surface area contributed by atoms with Crippen molar-refractivity contribution in [2.75, 3.05) is 31.1 Å². The third kappa shape index (κ3) is 4.35. The molecule has 0 aliphatic carbocycles. The molecule has 0 bridgehead atoms. The molecule has 0 N–H and O–H groups in total. The van der Waals surface area contributed by atoms with E-state index in [1.165, 1.54) is 11.3 Å². The fourth-order valence-corrected chi connectivity index (χ4v) is 4.51. The monoisotopic (exact) mass is 405 g/mol. The van der Waals surface area contributed by atoms with E-state index in [2.05, 4.69) is 43.0 Å². The molecule has 2 amide bonds. The Morgan fingerprint density at radius 3 is 2.20 bits per heavy atom. The predicted molar refractivity (Wildman–Crippen MR) is 119 cm³/mol. The van der Waals surface area contributed by atoms with E-state index in [-0.39, 0.29) is 17.7 Å². The van der Waals surface area contributed by atoms with Crippen LogP contribution in [0, 0.1) is 5.92 Å². The number of rotatable bonds is 4. The first-order valence-electron chi connectivity index (χ1n) is 11.0. The Balaban J connectivity index is 1.49. The average Bonchev–Trinajstić information content (AvgIpc) is 2.78. The number of piperazine rings is 1. The molecule has 2 aromatic carbocycles. The van der Waals surface area contributed by atoms with Crippen LogP contribution in [0.1, 0.15) is 31.4 Å². The van der Waals surface area contributed by atoms with Gasteiger partial charge in [-0.25, -0.2) is 0 Å². The lowest BCUT2D eigenvalue weighted by atomic mass is 9.92. The van der Waals surface area contributed by atoms with Crippen LogP contribution in [0.4, 0.5) is 5.69 Å². The van der Waals surface area contributed by atoms with Gasteiger partial charge in [-0.3, -0.25) is 9.59 Å². The Labute approximate surface area is 179 Å². The molecule has 1 unspecified atom stereocenters. The SMILES string of the molecule is CC(C)CC(=O)N1Cc2ccccc2CC1C(=O)N1CCN(c2ccccc2)CC1. The van der Waals surface area contributed by atoms with Crippen molar-refractivity contribution in [3.8, 4) is 0 Å². The van der Waals surface area contributed by atoms with Gasteiger partial charge in [0.05, 0.1) is 0 Å². The first-order valence-corrected chi connectivity index (χ1v) is 11.0. The second kappa shape index (κ2) is 8.90. The molecule has 30 heavy (non-hydrogen) atoms. The molecule has 1 saturated heterocycles. The Morgan fingerprint density at radius 1 is 0.900 bits per heavy atom. The van der Waals surface area contributed by atoms with Gasteiger partial charge in [0, 0.05) is 51.3 Å². The van der Waals surface area contributed by atoms with Crippen LogP contribution in [-0.4, -0.2) is 53.8 Å². The van der Waals surface area contributed by atoms with E-state index in [0.29, 0.717) is 32.5 Å².